The molecule has 0 heterocycles. The number of benzene rings is 2. The average molecular weight is 413 g/mol. The van der Waals surface area contributed by atoms with Crippen LogP contribution in [0.15, 0.2) is 36.4 Å². The number of anilines is 1. The van der Waals surface area contributed by atoms with Crippen molar-refractivity contribution in [1.82, 2.24) is 0 Å². The van der Waals surface area contributed by atoms with Gasteiger partial charge in [0.25, 0.3) is 11.6 Å². The quantitative estimate of drug-likeness (QED) is 0.409. The van der Waals surface area contributed by atoms with Gasteiger partial charge in [-0.25, -0.2) is 0 Å². The first-order valence-electron chi connectivity index (χ1n) is 6.84. The molecule has 0 aliphatic rings. The van der Waals surface area contributed by atoms with Crippen LogP contribution in [0.25, 0.3) is 0 Å². The number of nitrogens with one attached hydrogen (secondary N) is 1. The van der Waals surface area contributed by atoms with E-state index in [1.54, 1.807) is 0 Å². The van der Waals surface area contributed by atoms with Gasteiger partial charge in [-0.15, -0.1) is 0 Å². The Balaban J connectivity index is 2.41. The van der Waals surface area contributed by atoms with Crippen LogP contribution in [0.2, 0.25) is 5.02 Å². The molecule has 1 amide bonds. The van der Waals surface area contributed by atoms with Gasteiger partial charge in [-0.05, 0) is 24.3 Å². The average Bonchev–Trinajstić information content (AvgIpc) is 2.52. The molecule has 0 aliphatic heterocycles. The molecular formula is C15H7ClF6N2O3. The highest BCUT2D eigenvalue weighted by atomic mass is 35.5. The van der Waals surface area contributed by atoms with Crippen molar-refractivity contribution in [2.45, 2.75) is 12.4 Å². The molecule has 1 N–H and O–H groups in total. The summed E-state index contributed by atoms with van der Waals surface area (Å²) < 4.78 is 76.9. The maximum absolute atomic E-state index is 12.8. The number of amides is 1. The first-order chi connectivity index (χ1) is 12.3. The summed E-state index contributed by atoms with van der Waals surface area (Å²) >= 11 is 5.72. The van der Waals surface area contributed by atoms with E-state index in [9.17, 15) is 41.3 Å². The molecular weight excluding hydrogens is 406 g/mol. The topological polar surface area (TPSA) is 72.2 Å². The highest BCUT2D eigenvalue weighted by Crippen LogP contribution is 2.37. The molecule has 2 aromatic rings. The fourth-order valence-corrected chi connectivity index (χ4v) is 2.29. The van der Waals surface area contributed by atoms with Gasteiger partial charge < -0.3 is 5.32 Å². The zero-order valence-corrected chi connectivity index (χ0v) is 13.5. The number of nitro benzene ring substituents is 1. The summed E-state index contributed by atoms with van der Waals surface area (Å²) in [7, 11) is 0. The lowest BCUT2D eigenvalue weighted by atomic mass is 10.1. The highest BCUT2D eigenvalue weighted by Gasteiger charge is 2.37. The summed E-state index contributed by atoms with van der Waals surface area (Å²) in [6, 6.07) is 3.22. The van der Waals surface area contributed by atoms with E-state index in [1.807, 2.05) is 5.32 Å². The molecule has 0 fully saturated rings. The van der Waals surface area contributed by atoms with Gasteiger partial charge in [-0.2, -0.15) is 26.3 Å². The van der Waals surface area contributed by atoms with E-state index >= 15 is 0 Å². The zero-order valence-electron chi connectivity index (χ0n) is 12.8. The molecule has 0 unspecified atom stereocenters. The smallest absolute Gasteiger partial charge is 0.322 e. The van der Waals surface area contributed by atoms with E-state index in [4.69, 9.17) is 11.6 Å². The molecule has 0 aromatic heterocycles. The molecule has 0 spiro atoms. The number of rotatable bonds is 3. The van der Waals surface area contributed by atoms with E-state index in [2.05, 4.69) is 0 Å². The Morgan fingerprint density at radius 3 is 1.89 bits per heavy atom. The number of hydrogen-bond acceptors (Lipinski definition) is 3. The normalized spacial score (nSPS) is 12.0. The van der Waals surface area contributed by atoms with Crippen molar-refractivity contribution >= 4 is 28.9 Å². The Morgan fingerprint density at radius 2 is 1.48 bits per heavy atom. The van der Waals surface area contributed by atoms with Gasteiger partial charge in [-0.1, -0.05) is 11.6 Å². The molecule has 2 rings (SSSR count). The second-order valence-electron chi connectivity index (χ2n) is 5.17. The first-order valence-corrected chi connectivity index (χ1v) is 7.21. The Morgan fingerprint density at radius 1 is 0.963 bits per heavy atom. The van der Waals surface area contributed by atoms with E-state index in [1.165, 1.54) is 0 Å². The Hall–Kier alpha value is -2.82. The van der Waals surface area contributed by atoms with Crippen LogP contribution in [-0.4, -0.2) is 10.8 Å². The van der Waals surface area contributed by atoms with Crippen molar-refractivity contribution in [3.63, 3.8) is 0 Å². The number of hydrogen-bond donors (Lipinski definition) is 1. The molecule has 0 aliphatic carbocycles. The van der Waals surface area contributed by atoms with E-state index in [-0.39, 0.29) is 11.6 Å². The lowest BCUT2D eigenvalue weighted by molar-refractivity contribution is -0.384. The third-order valence-corrected chi connectivity index (χ3v) is 3.57. The number of nitrogens with zero attached hydrogens (tertiary/aromatic N) is 1. The van der Waals surface area contributed by atoms with Crippen molar-refractivity contribution in [1.29, 1.82) is 0 Å². The van der Waals surface area contributed by atoms with Gasteiger partial charge in [0.05, 0.1) is 26.6 Å². The second-order valence-corrected chi connectivity index (χ2v) is 5.58. The third-order valence-electron chi connectivity index (χ3n) is 3.25. The van der Waals surface area contributed by atoms with Crippen LogP contribution in [0.5, 0.6) is 0 Å². The minimum absolute atomic E-state index is 0.0888. The molecule has 0 atom stereocenters. The van der Waals surface area contributed by atoms with Crippen LogP contribution < -0.4 is 5.32 Å². The minimum atomic E-state index is -5.08. The number of carbonyl (C=O) groups is 1. The molecule has 0 bridgehead atoms. The largest absolute Gasteiger partial charge is 0.416 e. The molecule has 0 radical (unpaired) electrons. The summed E-state index contributed by atoms with van der Waals surface area (Å²) in [5.74, 6) is -1.14. The van der Waals surface area contributed by atoms with Crippen molar-refractivity contribution in [3.05, 3.63) is 68.2 Å². The fraction of sp³-hybridized carbons (Fsp3) is 0.133. The summed E-state index contributed by atoms with van der Waals surface area (Å²) in [6.45, 7) is 0. The maximum atomic E-state index is 12.8. The van der Waals surface area contributed by atoms with Crippen LogP contribution in [0.4, 0.5) is 37.7 Å². The molecule has 0 saturated carbocycles. The van der Waals surface area contributed by atoms with Gasteiger partial charge in [0.15, 0.2) is 0 Å². The lowest BCUT2D eigenvalue weighted by Crippen LogP contribution is -2.16. The summed E-state index contributed by atoms with van der Waals surface area (Å²) in [5, 5.41) is 12.1. The first kappa shape index (κ1) is 20.5. The predicted octanol–water partition coefficient (Wildman–Crippen LogP) is 5.54. The minimum Gasteiger partial charge on any atom is -0.322 e. The van der Waals surface area contributed by atoms with Gasteiger partial charge >= 0.3 is 12.4 Å². The molecule has 27 heavy (non-hydrogen) atoms. The molecule has 12 heteroatoms. The number of non-ortho nitro benzene ring substituents is 1. The maximum Gasteiger partial charge on any atom is 0.416 e. The SMILES string of the molecule is O=C(Nc1cc(C(F)(F)F)cc(C(F)(F)F)c1)c1ccc([N+](=O)[O-])cc1Cl. The van der Waals surface area contributed by atoms with Crippen molar-refractivity contribution in [2.75, 3.05) is 5.32 Å². The highest BCUT2D eigenvalue weighted by molar-refractivity contribution is 6.34. The monoisotopic (exact) mass is 412 g/mol. The summed E-state index contributed by atoms with van der Waals surface area (Å²) in [5.41, 5.74) is -4.80. The van der Waals surface area contributed by atoms with Crippen molar-refractivity contribution < 1.29 is 36.1 Å². The zero-order chi connectivity index (χ0) is 20.6. The van der Waals surface area contributed by atoms with Crippen LogP contribution in [0.1, 0.15) is 21.5 Å². The van der Waals surface area contributed by atoms with E-state index < -0.39 is 50.7 Å². The van der Waals surface area contributed by atoms with Gasteiger partial charge in [0.1, 0.15) is 0 Å². The lowest BCUT2D eigenvalue weighted by Gasteiger charge is -2.15. The predicted molar refractivity (Wildman–Crippen MR) is 82.5 cm³/mol. The van der Waals surface area contributed by atoms with Gasteiger partial charge in [0.2, 0.25) is 0 Å². The third kappa shape index (κ3) is 4.88. The Labute approximate surface area is 151 Å². The van der Waals surface area contributed by atoms with Crippen LogP contribution >= 0.6 is 11.6 Å². The standard InChI is InChI=1S/C15H7ClF6N2O3/c16-12-6-10(24(26)27)1-2-11(12)13(25)23-9-4-7(14(17,18)19)3-8(5-9)15(20,21)22/h1-6H,(H,23,25). The number of nitro groups is 1. The van der Waals surface area contributed by atoms with E-state index in [0.29, 0.717) is 12.1 Å². The number of carbonyl (C=O) groups excluding carboxylic acids is 1. The van der Waals surface area contributed by atoms with E-state index in [0.717, 1.165) is 18.2 Å². The summed E-state index contributed by atoms with van der Waals surface area (Å²) in [4.78, 5) is 21.9. The van der Waals surface area contributed by atoms with Crippen molar-refractivity contribution in [3.8, 4) is 0 Å². The Kier molecular flexibility index (Phi) is 5.36. The number of halogens is 7. The molecule has 144 valence electrons. The summed E-state index contributed by atoms with van der Waals surface area (Å²) in [6.07, 6.45) is -10.2. The number of alkyl halides is 6. The van der Waals surface area contributed by atoms with Crippen LogP contribution in [-0.2, 0) is 12.4 Å². The second kappa shape index (κ2) is 7.06. The van der Waals surface area contributed by atoms with Crippen LogP contribution in [0, 0.1) is 10.1 Å². The van der Waals surface area contributed by atoms with Gasteiger partial charge in [-0.3, -0.25) is 14.9 Å². The molecule has 0 saturated heterocycles. The van der Waals surface area contributed by atoms with Crippen LogP contribution in [0.3, 0.4) is 0 Å². The Bertz CT molecular complexity index is 879. The fourth-order valence-electron chi connectivity index (χ4n) is 2.03. The van der Waals surface area contributed by atoms with Crippen molar-refractivity contribution in [2.24, 2.45) is 0 Å². The molecule has 2 aromatic carbocycles. The molecule has 5 nitrogen and oxygen atoms in total. The van der Waals surface area contributed by atoms with Gasteiger partial charge in [0, 0.05) is 17.8 Å².